The molecule has 0 fully saturated rings. The SMILES string of the molecule is Cc1cc(CNC(CN)C(C)C)sc1C. The Hall–Kier alpha value is -0.380. The molecule has 86 valence electrons. The number of hydrogen-bond acceptors (Lipinski definition) is 3. The van der Waals surface area contributed by atoms with Crippen molar-refractivity contribution in [3.05, 3.63) is 21.4 Å². The van der Waals surface area contributed by atoms with Crippen LogP contribution in [0.2, 0.25) is 0 Å². The van der Waals surface area contributed by atoms with E-state index in [-0.39, 0.29) is 0 Å². The predicted molar refractivity (Wildman–Crippen MR) is 68.3 cm³/mol. The zero-order valence-corrected chi connectivity index (χ0v) is 10.9. The molecular formula is C12H22N2S. The number of nitrogens with two attached hydrogens (primary N) is 1. The summed E-state index contributed by atoms with van der Waals surface area (Å²) in [4.78, 5) is 2.82. The summed E-state index contributed by atoms with van der Waals surface area (Å²) in [5.41, 5.74) is 7.11. The normalized spacial score (nSPS) is 13.5. The topological polar surface area (TPSA) is 38.0 Å². The van der Waals surface area contributed by atoms with Gasteiger partial charge in [0.1, 0.15) is 0 Å². The predicted octanol–water partition coefficient (Wildman–Crippen LogP) is 2.44. The third-order valence-electron chi connectivity index (χ3n) is 2.81. The maximum atomic E-state index is 5.71. The van der Waals surface area contributed by atoms with Gasteiger partial charge in [-0.05, 0) is 31.4 Å². The molecule has 3 N–H and O–H groups in total. The molecule has 1 aromatic rings. The van der Waals surface area contributed by atoms with Crippen molar-refractivity contribution in [1.29, 1.82) is 0 Å². The summed E-state index contributed by atoms with van der Waals surface area (Å²) < 4.78 is 0. The van der Waals surface area contributed by atoms with Crippen molar-refractivity contribution in [2.45, 2.75) is 40.3 Å². The fourth-order valence-corrected chi connectivity index (χ4v) is 2.56. The molecule has 2 nitrogen and oxygen atoms in total. The van der Waals surface area contributed by atoms with Crippen molar-refractivity contribution in [2.75, 3.05) is 6.54 Å². The molecule has 0 amide bonds. The third kappa shape index (κ3) is 3.59. The van der Waals surface area contributed by atoms with Crippen LogP contribution >= 0.6 is 11.3 Å². The van der Waals surface area contributed by atoms with Crippen molar-refractivity contribution < 1.29 is 0 Å². The van der Waals surface area contributed by atoms with Gasteiger partial charge in [-0.15, -0.1) is 11.3 Å². The zero-order valence-electron chi connectivity index (χ0n) is 10.1. The van der Waals surface area contributed by atoms with E-state index in [0.29, 0.717) is 18.5 Å². The van der Waals surface area contributed by atoms with Crippen LogP contribution < -0.4 is 11.1 Å². The van der Waals surface area contributed by atoms with Crippen molar-refractivity contribution in [2.24, 2.45) is 11.7 Å². The second kappa shape index (κ2) is 5.64. The van der Waals surface area contributed by atoms with E-state index in [1.807, 2.05) is 11.3 Å². The Morgan fingerprint density at radius 3 is 2.47 bits per heavy atom. The molecule has 1 aromatic heterocycles. The largest absolute Gasteiger partial charge is 0.329 e. The second-order valence-corrected chi connectivity index (χ2v) is 5.76. The molecule has 1 rings (SSSR count). The van der Waals surface area contributed by atoms with Crippen LogP contribution in [0.1, 0.15) is 29.2 Å². The molecule has 0 aliphatic heterocycles. The number of aryl methyl sites for hydroxylation is 2. The van der Waals surface area contributed by atoms with E-state index in [1.54, 1.807) is 0 Å². The van der Waals surface area contributed by atoms with E-state index in [2.05, 4.69) is 39.1 Å². The fraction of sp³-hybridized carbons (Fsp3) is 0.667. The van der Waals surface area contributed by atoms with E-state index in [9.17, 15) is 0 Å². The Morgan fingerprint density at radius 1 is 1.40 bits per heavy atom. The van der Waals surface area contributed by atoms with Gasteiger partial charge in [-0.3, -0.25) is 0 Å². The van der Waals surface area contributed by atoms with Gasteiger partial charge in [0.05, 0.1) is 0 Å². The fourth-order valence-electron chi connectivity index (χ4n) is 1.56. The molecule has 1 unspecified atom stereocenters. The Morgan fingerprint density at radius 2 is 2.07 bits per heavy atom. The van der Waals surface area contributed by atoms with Crippen LogP contribution in [0.25, 0.3) is 0 Å². The highest BCUT2D eigenvalue weighted by atomic mass is 32.1. The van der Waals surface area contributed by atoms with Crippen LogP contribution in [0.3, 0.4) is 0 Å². The molecule has 0 aliphatic carbocycles. The lowest BCUT2D eigenvalue weighted by Gasteiger charge is -2.19. The van der Waals surface area contributed by atoms with Gasteiger partial charge in [0, 0.05) is 28.9 Å². The molecule has 0 bridgehead atoms. The Bertz CT molecular complexity index is 285. The average Bonchev–Trinajstić information content (AvgIpc) is 2.47. The van der Waals surface area contributed by atoms with Gasteiger partial charge in [-0.25, -0.2) is 0 Å². The molecule has 1 atom stereocenters. The van der Waals surface area contributed by atoms with Crippen molar-refractivity contribution in [1.82, 2.24) is 5.32 Å². The van der Waals surface area contributed by atoms with Gasteiger partial charge in [0.15, 0.2) is 0 Å². The van der Waals surface area contributed by atoms with E-state index < -0.39 is 0 Å². The molecule has 0 saturated carbocycles. The molecule has 3 heteroatoms. The summed E-state index contributed by atoms with van der Waals surface area (Å²) in [5, 5.41) is 3.51. The zero-order chi connectivity index (χ0) is 11.4. The first-order valence-corrected chi connectivity index (χ1v) is 6.35. The van der Waals surface area contributed by atoms with Crippen LogP contribution in [0.15, 0.2) is 6.07 Å². The van der Waals surface area contributed by atoms with Crippen molar-refractivity contribution >= 4 is 11.3 Å². The number of nitrogens with one attached hydrogen (secondary N) is 1. The minimum absolute atomic E-state index is 0.424. The van der Waals surface area contributed by atoms with Gasteiger partial charge in [0.25, 0.3) is 0 Å². The van der Waals surface area contributed by atoms with Crippen LogP contribution in [-0.4, -0.2) is 12.6 Å². The molecule has 15 heavy (non-hydrogen) atoms. The number of rotatable bonds is 5. The van der Waals surface area contributed by atoms with Gasteiger partial charge < -0.3 is 11.1 Å². The lowest BCUT2D eigenvalue weighted by Crippen LogP contribution is -2.39. The van der Waals surface area contributed by atoms with Crippen molar-refractivity contribution in [3.8, 4) is 0 Å². The minimum Gasteiger partial charge on any atom is -0.329 e. The molecule has 0 saturated heterocycles. The van der Waals surface area contributed by atoms with E-state index in [0.717, 1.165) is 6.54 Å². The lowest BCUT2D eigenvalue weighted by molar-refractivity contribution is 0.406. The average molecular weight is 226 g/mol. The van der Waals surface area contributed by atoms with E-state index >= 15 is 0 Å². The van der Waals surface area contributed by atoms with Gasteiger partial charge >= 0.3 is 0 Å². The van der Waals surface area contributed by atoms with Gasteiger partial charge in [0.2, 0.25) is 0 Å². The lowest BCUT2D eigenvalue weighted by atomic mass is 10.1. The van der Waals surface area contributed by atoms with E-state index in [1.165, 1.54) is 15.3 Å². The smallest absolute Gasteiger partial charge is 0.0303 e. The van der Waals surface area contributed by atoms with Crippen LogP contribution in [0.5, 0.6) is 0 Å². The maximum Gasteiger partial charge on any atom is 0.0303 e. The third-order valence-corrected chi connectivity index (χ3v) is 3.97. The minimum atomic E-state index is 0.424. The summed E-state index contributed by atoms with van der Waals surface area (Å²) in [7, 11) is 0. The van der Waals surface area contributed by atoms with Crippen molar-refractivity contribution in [3.63, 3.8) is 0 Å². The summed E-state index contributed by atoms with van der Waals surface area (Å²) >= 11 is 1.88. The van der Waals surface area contributed by atoms with Crippen LogP contribution in [0, 0.1) is 19.8 Å². The summed E-state index contributed by atoms with van der Waals surface area (Å²) in [6.07, 6.45) is 0. The van der Waals surface area contributed by atoms with Gasteiger partial charge in [-0.1, -0.05) is 13.8 Å². The second-order valence-electron chi connectivity index (χ2n) is 4.42. The quantitative estimate of drug-likeness (QED) is 0.809. The highest BCUT2D eigenvalue weighted by Crippen LogP contribution is 2.20. The first kappa shape index (κ1) is 12.7. The van der Waals surface area contributed by atoms with Crippen LogP contribution in [0.4, 0.5) is 0 Å². The Kier molecular flexibility index (Phi) is 4.77. The highest BCUT2D eigenvalue weighted by Gasteiger charge is 2.11. The summed E-state index contributed by atoms with van der Waals surface area (Å²) in [6.45, 7) is 10.4. The van der Waals surface area contributed by atoms with Gasteiger partial charge in [-0.2, -0.15) is 0 Å². The molecule has 0 aliphatic rings. The molecule has 0 radical (unpaired) electrons. The maximum absolute atomic E-state index is 5.71. The Balaban J connectivity index is 2.49. The molecular weight excluding hydrogens is 204 g/mol. The molecule has 1 heterocycles. The number of thiophene rings is 1. The molecule has 0 spiro atoms. The summed E-state index contributed by atoms with van der Waals surface area (Å²) in [6, 6.07) is 2.69. The van der Waals surface area contributed by atoms with E-state index in [4.69, 9.17) is 5.73 Å². The number of hydrogen-bond donors (Lipinski definition) is 2. The Labute approximate surface area is 96.9 Å². The molecule has 0 aromatic carbocycles. The highest BCUT2D eigenvalue weighted by molar-refractivity contribution is 7.12. The first-order valence-electron chi connectivity index (χ1n) is 5.54. The monoisotopic (exact) mass is 226 g/mol. The summed E-state index contributed by atoms with van der Waals surface area (Å²) in [5.74, 6) is 0.595. The van der Waals surface area contributed by atoms with Crippen LogP contribution in [-0.2, 0) is 6.54 Å². The first-order chi connectivity index (χ1) is 7.04. The standard InChI is InChI=1S/C12H22N2S/c1-8(2)12(6-13)14-7-11-5-9(3)10(4)15-11/h5,8,12,14H,6-7,13H2,1-4H3.